The molecule has 3 nitrogen and oxygen atoms in total. The van der Waals surface area contributed by atoms with Crippen LogP contribution >= 0.6 is 11.8 Å². The monoisotopic (exact) mass is 283 g/mol. The van der Waals surface area contributed by atoms with Crippen LogP contribution in [0.2, 0.25) is 0 Å². The van der Waals surface area contributed by atoms with Crippen LogP contribution < -0.4 is 14.8 Å². The van der Waals surface area contributed by atoms with Gasteiger partial charge in [0, 0.05) is 6.04 Å². The zero-order chi connectivity index (χ0) is 14.3. The fourth-order valence-electron chi connectivity index (χ4n) is 1.96. The number of ether oxygens (including phenoxy) is 2. The van der Waals surface area contributed by atoms with Gasteiger partial charge < -0.3 is 14.8 Å². The highest BCUT2D eigenvalue weighted by Crippen LogP contribution is 2.29. The molecular formula is C15H25NO2S. The largest absolute Gasteiger partial charge is 0.493 e. The number of methoxy groups -OCH3 is 2. The molecule has 0 aliphatic rings. The van der Waals surface area contributed by atoms with E-state index in [2.05, 4.69) is 31.5 Å². The van der Waals surface area contributed by atoms with Crippen LogP contribution in [0.4, 0.5) is 0 Å². The summed E-state index contributed by atoms with van der Waals surface area (Å²) in [5.41, 5.74) is 1.22. The summed E-state index contributed by atoms with van der Waals surface area (Å²) in [5.74, 6) is 3.42. The Kier molecular flexibility index (Phi) is 7.10. The van der Waals surface area contributed by atoms with Crippen molar-refractivity contribution in [1.82, 2.24) is 5.32 Å². The minimum Gasteiger partial charge on any atom is -0.493 e. The second-order valence-electron chi connectivity index (χ2n) is 4.80. The molecule has 0 bridgehead atoms. The van der Waals surface area contributed by atoms with Gasteiger partial charge in [-0.15, -0.1) is 0 Å². The van der Waals surface area contributed by atoms with Crippen molar-refractivity contribution in [2.75, 3.05) is 32.8 Å². The van der Waals surface area contributed by atoms with Gasteiger partial charge in [0.1, 0.15) is 0 Å². The summed E-state index contributed by atoms with van der Waals surface area (Å²) in [6.45, 7) is 5.47. The summed E-state index contributed by atoms with van der Waals surface area (Å²) in [4.78, 5) is 0. The maximum Gasteiger partial charge on any atom is 0.161 e. The number of nitrogens with one attached hydrogen (secondary N) is 1. The molecule has 0 saturated heterocycles. The third-order valence-corrected chi connectivity index (χ3v) is 4.03. The Labute approximate surface area is 121 Å². The summed E-state index contributed by atoms with van der Waals surface area (Å²) in [6.07, 6.45) is 2.15. The van der Waals surface area contributed by atoms with Crippen molar-refractivity contribution in [2.45, 2.75) is 19.9 Å². The first-order valence-corrected chi connectivity index (χ1v) is 7.96. The SMILES string of the molecule is COc1ccc(C(C)NCC(C)CSC)cc1OC. The molecule has 0 fully saturated rings. The highest BCUT2D eigenvalue weighted by molar-refractivity contribution is 7.98. The van der Waals surface area contributed by atoms with Crippen LogP contribution in [0.15, 0.2) is 18.2 Å². The lowest BCUT2D eigenvalue weighted by Crippen LogP contribution is -2.25. The van der Waals surface area contributed by atoms with Gasteiger partial charge >= 0.3 is 0 Å². The van der Waals surface area contributed by atoms with E-state index in [0.29, 0.717) is 12.0 Å². The van der Waals surface area contributed by atoms with Gasteiger partial charge in [-0.05, 0) is 49.1 Å². The molecule has 0 aromatic heterocycles. The van der Waals surface area contributed by atoms with Crippen LogP contribution in [0.25, 0.3) is 0 Å². The predicted octanol–water partition coefficient (Wildman–Crippen LogP) is 3.35. The Hall–Kier alpha value is -0.870. The second-order valence-corrected chi connectivity index (χ2v) is 5.72. The summed E-state index contributed by atoms with van der Waals surface area (Å²) in [6, 6.07) is 6.38. The highest BCUT2D eigenvalue weighted by atomic mass is 32.2. The number of thioether (sulfide) groups is 1. The lowest BCUT2D eigenvalue weighted by atomic mass is 10.1. The fourth-order valence-corrected chi connectivity index (χ4v) is 2.65. The third-order valence-electron chi connectivity index (χ3n) is 3.13. The smallest absolute Gasteiger partial charge is 0.161 e. The number of hydrogen-bond acceptors (Lipinski definition) is 4. The normalized spacial score (nSPS) is 13.9. The van der Waals surface area contributed by atoms with Gasteiger partial charge in [0.2, 0.25) is 0 Å². The molecule has 1 rings (SSSR count). The summed E-state index contributed by atoms with van der Waals surface area (Å²) < 4.78 is 10.6. The standard InChI is InChI=1S/C15H25NO2S/c1-11(10-19-5)9-16-12(2)13-6-7-14(17-3)15(8-13)18-4/h6-8,11-12,16H,9-10H2,1-5H3. The van der Waals surface area contributed by atoms with Crippen LogP contribution in [0.3, 0.4) is 0 Å². The zero-order valence-corrected chi connectivity index (χ0v) is 13.3. The fraction of sp³-hybridized carbons (Fsp3) is 0.600. The molecule has 108 valence electrons. The Balaban J connectivity index is 2.64. The van der Waals surface area contributed by atoms with E-state index >= 15 is 0 Å². The molecule has 0 spiro atoms. The quantitative estimate of drug-likeness (QED) is 0.792. The van der Waals surface area contributed by atoms with Crippen LogP contribution in [0.1, 0.15) is 25.5 Å². The molecule has 1 aromatic carbocycles. The van der Waals surface area contributed by atoms with Crippen LogP contribution in [0, 0.1) is 5.92 Å². The van der Waals surface area contributed by atoms with Gasteiger partial charge in [-0.2, -0.15) is 11.8 Å². The predicted molar refractivity (Wildman–Crippen MR) is 83.5 cm³/mol. The zero-order valence-electron chi connectivity index (χ0n) is 12.5. The topological polar surface area (TPSA) is 30.5 Å². The number of hydrogen-bond donors (Lipinski definition) is 1. The first kappa shape index (κ1) is 16.2. The molecule has 0 heterocycles. The maximum atomic E-state index is 5.34. The first-order valence-electron chi connectivity index (χ1n) is 6.56. The van der Waals surface area contributed by atoms with E-state index in [1.807, 2.05) is 23.9 Å². The van der Waals surface area contributed by atoms with Crippen molar-refractivity contribution >= 4 is 11.8 Å². The Morgan fingerprint density at radius 3 is 2.42 bits per heavy atom. The van der Waals surface area contributed by atoms with E-state index < -0.39 is 0 Å². The van der Waals surface area contributed by atoms with E-state index in [1.165, 1.54) is 11.3 Å². The van der Waals surface area contributed by atoms with E-state index in [4.69, 9.17) is 9.47 Å². The second kappa shape index (κ2) is 8.33. The molecule has 1 aromatic rings. The summed E-state index contributed by atoms with van der Waals surface area (Å²) >= 11 is 1.89. The average Bonchev–Trinajstić information content (AvgIpc) is 2.44. The highest BCUT2D eigenvalue weighted by Gasteiger charge is 2.11. The van der Waals surface area contributed by atoms with Crippen molar-refractivity contribution < 1.29 is 9.47 Å². The molecule has 4 heteroatoms. The van der Waals surface area contributed by atoms with E-state index in [9.17, 15) is 0 Å². The minimum absolute atomic E-state index is 0.309. The van der Waals surface area contributed by atoms with Crippen LogP contribution in [0.5, 0.6) is 11.5 Å². The average molecular weight is 283 g/mol. The molecule has 0 aliphatic heterocycles. The van der Waals surface area contributed by atoms with Crippen molar-refractivity contribution in [1.29, 1.82) is 0 Å². The van der Waals surface area contributed by atoms with Gasteiger partial charge in [-0.25, -0.2) is 0 Å². The Morgan fingerprint density at radius 2 is 1.84 bits per heavy atom. The molecular weight excluding hydrogens is 258 g/mol. The molecule has 1 N–H and O–H groups in total. The number of benzene rings is 1. The molecule has 0 radical (unpaired) electrons. The molecule has 2 atom stereocenters. The van der Waals surface area contributed by atoms with Gasteiger partial charge in [0.15, 0.2) is 11.5 Å². The van der Waals surface area contributed by atoms with E-state index in [0.717, 1.165) is 18.0 Å². The van der Waals surface area contributed by atoms with Gasteiger partial charge in [0.25, 0.3) is 0 Å². The lowest BCUT2D eigenvalue weighted by Gasteiger charge is -2.19. The Morgan fingerprint density at radius 1 is 1.16 bits per heavy atom. The molecule has 19 heavy (non-hydrogen) atoms. The molecule has 0 aliphatic carbocycles. The van der Waals surface area contributed by atoms with Crippen molar-refractivity contribution in [3.63, 3.8) is 0 Å². The maximum absolute atomic E-state index is 5.34. The first-order chi connectivity index (χ1) is 9.12. The van der Waals surface area contributed by atoms with Crippen LogP contribution in [-0.4, -0.2) is 32.8 Å². The lowest BCUT2D eigenvalue weighted by molar-refractivity contribution is 0.354. The molecule has 2 unspecified atom stereocenters. The van der Waals surface area contributed by atoms with Gasteiger partial charge in [-0.3, -0.25) is 0 Å². The third kappa shape index (κ3) is 4.96. The minimum atomic E-state index is 0.309. The molecule has 0 amide bonds. The summed E-state index contributed by atoms with van der Waals surface area (Å²) in [5, 5.41) is 3.56. The van der Waals surface area contributed by atoms with E-state index in [1.54, 1.807) is 14.2 Å². The van der Waals surface area contributed by atoms with Crippen molar-refractivity contribution in [2.24, 2.45) is 5.92 Å². The molecule has 0 saturated carbocycles. The van der Waals surface area contributed by atoms with E-state index in [-0.39, 0.29) is 0 Å². The Bertz CT molecular complexity index is 384. The van der Waals surface area contributed by atoms with Crippen LogP contribution in [-0.2, 0) is 0 Å². The summed E-state index contributed by atoms with van der Waals surface area (Å²) in [7, 11) is 3.32. The van der Waals surface area contributed by atoms with Crippen molar-refractivity contribution in [3.05, 3.63) is 23.8 Å². The van der Waals surface area contributed by atoms with Crippen molar-refractivity contribution in [3.8, 4) is 11.5 Å². The van der Waals surface area contributed by atoms with Gasteiger partial charge in [0.05, 0.1) is 14.2 Å². The van der Waals surface area contributed by atoms with Gasteiger partial charge in [-0.1, -0.05) is 13.0 Å². The number of rotatable bonds is 8.